The summed E-state index contributed by atoms with van der Waals surface area (Å²) in [6.45, 7) is 10.1. The lowest BCUT2D eigenvalue weighted by Crippen LogP contribution is -2.20. The van der Waals surface area contributed by atoms with E-state index < -0.39 is 6.10 Å². The quantitative estimate of drug-likeness (QED) is 0.437. The Morgan fingerprint density at radius 2 is 1.95 bits per heavy atom. The van der Waals surface area contributed by atoms with Crippen molar-refractivity contribution in [2.24, 2.45) is 17.3 Å². The second kappa shape index (κ2) is 6.68. The van der Waals surface area contributed by atoms with E-state index in [0.717, 1.165) is 5.57 Å². The lowest BCUT2D eigenvalue weighted by molar-refractivity contribution is -0.147. The van der Waals surface area contributed by atoms with Crippen LogP contribution in [0.4, 0.5) is 0 Å². The first-order valence-corrected chi connectivity index (χ1v) is 7.17. The molecule has 1 rings (SSSR count). The summed E-state index contributed by atoms with van der Waals surface area (Å²) in [4.78, 5) is 12.3. The van der Waals surface area contributed by atoms with E-state index in [0.29, 0.717) is 6.42 Å². The lowest BCUT2D eigenvalue weighted by atomic mass is 10.1. The smallest absolute Gasteiger partial charge is 0.311 e. The van der Waals surface area contributed by atoms with Gasteiger partial charge in [0, 0.05) is 6.42 Å². The topological polar surface area (TPSA) is 26.3 Å². The standard InChI is InChI=1S/C19H24O2/c1-8-10-11-14(5)16(9-2)21-18(20)17-15(12-13(3)4)19(17,6)7/h1-2,11-12,15-17H,10H2,3-7H3/b14-11+. The van der Waals surface area contributed by atoms with Gasteiger partial charge in [-0.1, -0.05) is 37.5 Å². The number of esters is 1. The van der Waals surface area contributed by atoms with Crippen molar-refractivity contribution >= 4 is 5.97 Å². The van der Waals surface area contributed by atoms with Crippen LogP contribution < -0.4 is 0 Å². The van der Waals surface area contributed by atoms with E-state index in [1.165, 1.54) is 5.57 Å². The molecule has 0 N–H and O–H groups in total. The molecular formula is C19H24O2. The maximum atomic E-state index is 12.3. The Hall–Kier alpha value is -1.93. The first-order chi connectivity index (χ1) is 9.75. The highest BCUT2D eigenvalue weighted by atomic mass is 16.5. The fraction of sp³-hybridized carbons (Fsp3) is 0.526. The molecule has 0 aromatic rings. The molecule has 1 fully saturated rings. The van der Waals surface area contributed by atoms with E-state index in [1.807, 2.05) is 26.8 Å². The molecule has 3 atom stereocenters. The number of rotatable bonds is 5. The number of hydrogen-bond donors (Lipinski definition) is 0. The van der Waals surface area contributed by atoms with Gasteiger partial charge in [-0.3, -0.25) is 4.79 Å². The van der Waals surface area contributed by atoms with Gasteiger partial charge in [-0.05, 0) is 37.7 Å². The summed E-state index contributed by atoms with van der Waals surface area (Å²) in [6.07, 6.45) is 14.5. The van der Waals surface area contributed by atoms with E-state index in [4.69, 9.17) is 17.6 Å². The third-order valence-electron chi connectivity index (χ3n) is 4.02. The first-order valence-electron chi connectivity index (χ1n) is 7.17. The molecule has 0 amide bonds. The Labute approximate surface area is 128 Å². The summed E-state index contributed by atoms with van der Waals surface area (Å²) < 4.78 is 5.49. The highest BCUT2D eigenvalue weighted by Gasteiger charge is 2.61. The lowest BCUT2D eigenvalue weighted by Gasteiger charge is -2.13. The third kappa shape index (κ3) is 4.02. The molecule has 0 heterocycles. The van der Waals surface area contributed by atoms with Crippen LogP contribution in [0.5, 0.6) is 0 Å². The van der Waals surface area contributed by atoms with E-state index in [9.17, 15) is 4.79 Å². The van der Waals surface area contributed by atoms with Crippen molar-refractivity contribution in [2.45, 2.75) is 47.1 Å². The van der Waals surface area contributed by atoms with Gasteiger partial charge in [0.2, 0.25) is 0 Å². The molecule has 0 aromatic heterocycles. The molecule has 0 aromatic carbocycles. The molecule has 21 heavy (non-hydrogen) atoms. The van der Waals surface area contributed by atoms with Gasteiger partial charge in [-0.25, -0.2) is 0 Å². The Bertz CT molecular complexity index is 545. The molecule has 112 valence electrons. The van der Waals surface area contributed by atoms with Gasteiger partial charge < -0.3 is 4.74 Å². The second-order valence-corrected chi connectivity index (χ2v) is 6.41. The number of hydrogen-bond acceptors (Lipinski definition) is 2. The van der Waals surface area contributed by atoms with Gasteiger partial charge >= 0.3 is 5.97 Å². The summed E-state index contributed by atoms with van der Waals surface area (Å²) in [5, 5.41) is 0. The number of ether oxygens (including phenoxy) is 1. The Balaban J connectivity index is 2.76. The van der Waals surface area contributed by atoms with Crippen LogP contribution in [0, 0.1) is 41.9 Å². The Morgan fingerprint density at radius 3 is 2.43 bits per heavy atom. The normalized spacial score (nSPS) is 24.2. The van der Waals surface area contributed by atoms with Crippen LogP contribution in [0.25, 0.3) is 0 Å². The van der Waals surface area contributed by atoms with Crippen LogP contribution in [0.3, 0.4) is 0 Å². The second-order valence-electron chi connectivity index (χ2n) is 6.41. The van der Waals surface area contributed by atoms with Crippen LogP contribution in [0.2, 0.25) is 0 Å². The minimum atomic E-state index is -0.630. The molecular weight excluding hydrogens is 260 g/mol. The van der Waals surface area contributed by atoms with Crippen molar-refractivity contribution in [3.8, 4) is 24.7 Å². The molecule has 3 unspecified atom stereocenters. The average Bonchev–Trinajstić information content (AvgIpc) is 2.93. The van der Waals surface area contributed by atoms with E-state index in [2.05, 4.69) is 31.8 Å². The van der Waals surface area contributed by atoms with Gasteiger partial charge in [0.05, 0.1) is 5.92 Å². The molecule has 1 saturated carbocycles. The maximum absolute atomic E-state index is 12.3. The Morgan fingerprint density at radius 1 is 1.33 bits per heavy atom. The van der Waals surface area contributed by atoms with Crippen molar-refractivity contribution in [1.29, 1.82) is 0 Å². The van der Waals surface area contributed by atoms with Gasteiger partial charge in [0.15, 0.2) is 6.10 Å². The van der Waals surface area contributed by atoms with Gasteiger partial charge in [-0.2, -0.15) is 0 Å². The first kappa shape index (κ1) is 17.1. The Kier molecular flexibility index (Phi) is 5.45. The number of carbonyl (C=O) groups excluding carboxylic acids is 1. The summed E-state index contributed by atoms with van der Waals surface area (Å²) in [7, 11) is 0. The molecule has 2 heteroatoms. The zero-order chi connectivity index (χ0) is 16.2. The highest BCUT2D eigenvalue weighted by Crippen LogP contribution is 2.59. The number of carbonyl (C=O) groups is 1. The molecule has 0 bridgehead atoms. The minimum absolute atomic E-state index is 0.0655. The summed E-state index contributed by atoms with van der Waals surface area (Å²) >= 11 is 0. The van der Waals surface area contributed by atoms with E-state index in [1.54, 1.807) is 0 Å². The summed E-state index contributed by atoms with van der Waals surface area (Å²) in [5.41, 5.74) is 1.95. The SMILES string of the molecule is C#CC/C=C(\C)C(C#C)OC(=O)C1C(C=C(C)C)C1(C)C. The predicted molar refractivity (Wildman–Crippen MR) is 86.1 cm³/mol. The summed E-state index contributed by atoms with van der Waals surface area (Å²) in [6, 6.07) is 0. The van der Waals surface area contributed by atoms with E-state index in [-0.39, 0.29) is 23.2 Å². The van der Waals surface area contributed by atoms with Gasteiger partial charge in [-0.15, -0.1) is 18.8 Å². The maximum Gasteiger partial charge on any atom is 0.311 e. The van der Waals surface area contributed by atoms with Crippen LogP contribution in [-0.4, -0.2) is 12.1 Å². The van der Waals surface area contributed by atoms with Crippen LogP contribution in [-0.2, 0) is 9.53 Å². The van der Waals surface area contributed by atoms with E-state index >= 15 is 0 Å². The van der Waals surface area contributed by atoms with Gasteiger partial charge in [0.25, 0.3) is 0 Å². The van der Waals surface area contributed by atoms with Crippen molar-refractivity contribution in [2.75, 3.05) is 0 Å². The molecule has 2 nitrogen and oxygen atoms in total. The zero-order valence-electron chi connectivity index (χ0n) is 13.6. The van der Waals surface area contributed by atoms with Crippen molar-refractivity contribution in [3.63, 3.8) is 0 Å². The largest absolute Gasteiger partial charge is 0.444 e. The van der Waals surface area contributed by atoms with Crippen molar-refractivity contribution in [1.82, 2.24) is 0 Å². The molecule has 0 radical (unpaired) electrons. The zero-order valence-corrected chi connectivity index (χ0v) is 13.6. The number of terminal acetylenes is 2. The monoisotopic (exact) mass is 284 g/mol. The molecule has 1 aliphatic carbocycles. The van der Waals surface area contributed by atoms with Crippen molar-refractivity contribution in [3.05, 3.63) is 23.3 Å². The van der Waals surface area contributed by atoms with Crippen LogP contribution in [0.1, 0.15) is 41.0 Å². The molecule has 0 spiro atoms. The fourth-order valence-electron chi connectivity index (χ4n) is 2.57. The molecule has 1 aliphatic rings. The average molecular weight is 284 g/mol. The van der Waals surface area contributed by atoms with Gasteiger partial charge in [0.1, 0.15) is 0 Å². The van der Waals surface area contributed by atoms with Crippen molar-refractivity contribution < 1.29 is 9.53 Å². The molecule has 0 aliphatic heterocycles. The highest BCUT2D eigenvalue weighted by molar-refractivity contribution is 5.79. The van der Waals surface area contributed by atoms with Crippen LogP contribution >= 0.6 is 0 Å². The minimum Gasteiger partial charge on any atom is -0.444 e. The fourth-order valence-corrected chi connectivity index (χ4v) is 2.57. The predicted octanol–water partition coefficient (Wildman–Crippen LogP) is 3.74. The number of allylic oxidation sites excluding steroid dienone is 3. The third-order valence-corrected chi connectivity index (χ3v) is 4.02. The molecule has 0 saturated heterocycles. The van der Waals surface area contributed by atoms with Crippen LogP contribution in [0.15, 0.2) is 23.3 Å². The summed E-state index contributed by atoms with van der Waals surface area (Å²) in [5.74, 6) is 4.91.